The van der Waals surface area contributed by atoms with Crippen molar-refractivity contribution in [2.75, 3.05) is 39.6 Å². The molecule has 0 radical (unpaired) electrons. The summed E-state index contributed by atoms with van der Waals surface area (Å²) in [5, 5.41) is 20.3. The molecule has 0 heterocycles. The molecule has 0 bridgehead atoms. The number of esters is 2. The van der Waals surface area contributed by atoms with E-state index in [9.17, 15) is 19.8 Å². The molecular weight excluding hydrogens is 977 g/mol. The van der Waals surface area contributed by atoms with Gasteiger partial charge in [-0.1, -0.05) is 184 Å². The van der Waals surface area contributed by atoms with Gasteiger partial charge in [0.2, 0.25) is 0 Å². The summed E-state index contributed by atoms with van der Waals surface area (Å²) in [6.45, 7) is 14.7. The maximum atomic E-state index is 11.3. The van der Waals surface area contributed by atoms with Crippen LogP contribution in [0, 0.1) is 0 Å². The molecule has 2 aliphatic rings. The van der Waals surface area contributed by atoms with Crippen LogP contribution in [0.4, 0.5) is 0 Å². The number of ether oxygens (including phenoxy) is 6. The Labute approximate surface area is 455 Å². The van der Waals surface area contributed by atoms with Crippen LogP contribution in [0.2, 0.25) is 0 Å². The van der Waals surface area contributed by atoms with Gasteiger partial charge in [-0.2, -0.15) is 0 Å². The van der Waals surface area contributed by atoms with E-state index < -0.39 is 35.0 Å². The van der Waals surface area contributed by atoms with Crippen molar-refractivity contribution in [1.82, 2.24) is 0 Å². The van der Waals surface area contributed by atoms with E-state index in [1.54, 1.807) is 12.2 Å². The predicted molar refractivity (Wildman–Crippen MR) is 304 cm³/mol. The Morgan fingerprint density at radius 1 is 0.372 bits per heavy atom. The fourth-order valence-corrected chi connectivity index (χ4v) is 10.5. The van der Waals surface area contributed by atoms with E-state index in [1.807, 2.05) is 97.1 Å². The lowest BCUT2D eigenvalue weighted by atomic mass is 9.68. The first kappa shape index (κ1) is 53.6. The van der Waals surface area contributed by atoms with Crippen molar-refractivity contribution in [2.24, 2.45) is 0 Å². The van der Waals surface area contributed by atoms with Gasteiger partial charge < -0.3 is 38.6 Å². The SMILES string of the molecule is C=CC(=O)OCC(O)COc1ccc(C2(c3ccc(OCC(O)COC(=O)C=C)cc3)c3ccccc3-c3ccccc32)cc1.C=CCOc1ccc(C2(c3ccc(OCC=C)cc3)c3ccccc3-c3ccccc32)cc1. The number of aliphatic hydroxyl groups is 2. The van der Waals surface area contributed by atoms with Crippen molar-refractivity contribution in [3.8, 4) is 45.3 Å². The molecule has 0 spiro atoms. The Morgan fingerprint density at radius 2 is 0.628 bits per heavy atom. The van der Waals surface area contributed by atoms with Crippen LogP contribution in [-0.2, 0) is 29.9 Å². The molecule has 2 unspecified atom stereocenters. The Morgan fingerprint density at radius 3 is 0.885 bits per heavy atom. The van der Waals surface area contributed by atoms with E-state index in [0.29, 0.717) is 24.7 Å². The lowest BCUT2D eigenvalue weighted by molar-refractivity contribution is -0.142. The zero-order chi connectivity index (χ0) is 54.5. The third kappa shape index (κ3) is 10.9. The summed E-state index contributed by atoms with van der Waals surface area (Å²) < 4.78 is 32.9. The summed E-state index contributed by atoms with van der Waals surface area (Å²) in [5.41, 5.74) is 13.0. The standard InChI is InChI=1S/C37H34O8.C31H26O2/c1-3-35(40)44-23-27(38)21-42-29-17-13-25(14-18-29)37(33-11-7-5-9-31(33)32-10-6-8-12-34(32)37)26-15-19-30(20-16-26)43-22-28(39)24-45-36(41)4-2;1-3-21-32-25-17-13-23(14-18-25)31(24-15-19-26(20-16-24)33-22-4-2)29-11-7-5-9-27(29)28-10-6-8-12-30(28)31/h3-20,27-28,38-39H,1-2,21-24H2;3-20H,1-2,21-22H2. The van der Waals surface area contributed by atoms with Crippen LogP contribution in [-0.4, -0.2) is 74.0 Å². The number of fused-ring (bicyclic) bond motifs is 6. The van der Waals surface area contributed by atoms with Gasteiger partial charge in [0.1, 0.15) is 74.8 Å². The van der Waals surface area contributed by atoms with Gasteiger partial charge in [-0.25, -0.2) is 9.59 Å². The molecule has 8 aromatic carbocycles. The molecule has 78 heavy (non-hydrogen) atoms. The minimum Gasteiger partial charge on any atom is -0.491 e. The van der Waals surface area contributed by atoms with Crippen LogP contribution in [0.3, 0.4) is 0 Å². The number of carbonyl (C=O) groups excluding carboxylic acids is 2. The maximum absolute atomic E-state index is 11.3. The normalized spacial score (nSPS) is 13.5. The topological polar surface area (TPSA) is 130 Å². The summed E-state index contributed by atoms with van der Waals surface area (Å²) in [6.07, 6.45) is 3.62. The van der Waals surface area contributed by atoms with Crippen LogP contribution < -0.4 is 18.9 Å². The van der Waals surface area contributed by atoms with Gasteiger partial charge in [0, 0.05) is 12.2 Å². The zero-order valence-electron chi connectivity index (χ0n) is 43.2. The van der Waals surface area contributed by atoms with Gasteiger partial charge >= 0.3 is 11.9 Å². The van der Waals surface area contributed by atoms with Gasteiger partial charge in [-0.05, 0) is 115 Å². The van der Waals surface area contributed by atoms with Crippen LogP contribution >= 0.6 is 0 Å². The van der Waals surface area contributed by atoms with Crippen molar-refractivity contribution in [3.05, 3.63) is 289 Å². The van der Waals surface area contributed by atoms with Crippen LogP contribution in [0.1, 0.15) is 44.5 Å². The second-order valence-electron chi connectivity index (χ2n) is 18.6. The molecular formula is C68H60O10. The smallest absolute Gasteiger partial charge is 0.330 e. The van der Waals surface area contributed by atoms with E-state index in [-0.39, 0.29) is 26.4 Å². The molecule has 10 nitrogen and oxygen atoms in total. The summed E-state index contributed by atoms with van der Waals surface area (Å²) in [6, 6.07) is 66.6. The Balaban J connectivity index is 0.000000198. The maximum Gasteiger partial charge on any atom is 0.330 e. The first-order chi connectivity index (χ1) is 38.1. The van der Waals surface area contributed by atoms with Crippen molar-refractivity contribution in [2.45, 2.75) is 23.0 Å². The lowest BCUT2D eigenvalue weighted by Gasteiger charge is -2.34. The van der Waals surface area contributed by atoms with Crippen LogP contribution in [0.25, 0.3) is 22.3 Å². The van der Waals surface area contributed by atoms with Crippen molar-refractivity contribution in [3.63, 3.8) is 0 Å². The minimum atomic E-state index is -0.988. The van der Waals surface area contributed by atoms with E-state index in [1.165, 1.54) is 33.4 Å². The van der Waals surface area contributed by atoms with Gasteiger partial charge in [0.05, 0.1) is 10.8 Å². The van der Waals surface area contributed by atoms with E-state index in [4.69, 9.17) is 28.4 Å². The molecule has 10 heteroatoms. The number of carbonyl (C=O) groups is 2. The molecule has 2 atom stereocenters. The molecule has 10 rings (SSSR count). The first-order valence-corrected chi connectivity index (χ1v) is 25.6. The number of rotatable bonds is 22. The molecule has 0 saturated heterocycles. The second kappa shape index (κ2) is 24.6. The average Bonchev–Trinajstić information content (AvgIpc) is 4.16. The molecule has 2 N–H and O–H groups in total. The molecule has 392 valence electrons. The van der Waals surface area contributed by atoms with E-state index in [2.05, 4.69) is 123 Å². The highest BCUT2D eigenvalue weighted by Crippen LogP contribution is 2.58. The minimum absolute atomic E-state index is 0.0482. The quantitative estimate of drug-likeness (QED) is 0.0384. The van der Waals surface area contributed by atoms with Crippen molar-refractivity contribution in [1.29, 1.82) is 0 Å². The number of aliphatic hydroxyl groups excluding tert-OH is 2. The van der Waals surface area contributed by atoms with Gasteiger partial charge in [0.15, 0.2) is 0 Å². The summed E-state index contributed by atoms with van der Waals surface area (Å²) in [4.78, 5) is 22.6. The first-order valence-electron chi connectivity index (χ1n) is 25.6. The molecule has 0 fully saturated rings. The third-order valence-corrected chi connectivity index (χ3v) is 13.8. The highest BCUT2D eigenvalue weighted by atomic mass is 16.6. The summed E-state index contributed by atoms with van der Waals surface area (Å²) in [7, 11) is 0. The van der Waals surface area contributed by atoms with E-state index >= 15 is 0 Å². The highest BCUT2D eigenvalue weighted by Gasteiger charge is 2.47. The number of hydrogen-bond acceptors (Lipinski definition) is 10. The van der Waals surface area contributed by atoms with Gasteiger partial charge in [-0.15, -0.1) is 0 Å². The average molecular weight is 1040 g/mol. The fraction of sp³-hybridized carbons (Fsp3) is 0.147. The number of hydrogen-bond donors (Lipinski definition) is 2. The molecule has 0 aromatic heterocycles. The molecule has 0 amide bonds. The van der Waals surface area contributed by atoms with Crippen LogP contribution in [0.15, 0.2) is 245 Å². The highest BCUT2D eigenvalue weighted by molar-refractivity contribution is 5.88. The Bertz CT molecular complexity index is 3170. The third-order valence-electron chi connectivity index (χ3n) is 13.8. The zero-order valence-corrected chi connectivity index (χ0v) is 43.2. The largest absolute Gasteiger partial charge is 0.491 e. The molecule has 0 aliphatic heterocycles. The van der Waals surface area contributed by atoms with Crippen LogP contribution in [0.5, 0.6) is 23.0 Å². The Hall–Kier alpha value is -9.22. The van der Waals surface area contributed by atoms with Crippen molar-refractivity contribution >= 4 is 11.9 Å². The fourth-order valence-electron chi connectivity index (χ4n) is 10.5. The monoisotopic (exact) mass is 1040 g/mol. The van der Waals surface area contributed by atoms with Gasteiger partial charge in [0.25, 0.3) is 0 Å². The second-order valence-corrected chi connectivity index (χ2v) is 18.6. The summed E-state index contributed by atoms with van der Waals surface area (Å²) in [5.74, 6) is 1.57. The van der Waals surface area contributed by atoms with Crippen molar-refractivity contribution < 1.29 is 48.2 Å². The summed E-state index contributed by atoms with van der Waals surface area (Å²) >= 11 is 0. The van der Waals surface area contributed by atoms with Gasteiger partial charge in [-0.3, -0.25) is 0 Å². The van der Waals surface area contributed by atoms with E-state index in [0.717, 1.165) is 57.0 Å². The predicted octanol–water partition coefficient (Wildman–Crippen LogP) is 12.2. The Kier molecular flexibility index (Phi) is 16.9. The lowest BCUT2D eigenvalue weighted by Crippen LogP contribution is -2.28. The molecule has 0 saturated carbocycles. The molecule has 2 aliphatic carbocycles. The molecule has 8 aromatic rings. The number of benzene rings is 8.